The molecular weight excluding hydrogens is 675 g/mol. The summed E-state index contributed by atoms with van der Waals surface area (Å²) in [7, 11) is -3.37. The molecule has 17 nitrogen and oxygen atoms in total. The number of carbonyl (C=O) groups excluding carboxylic acids is 1. The molecule has 0 aliphatic rings. The van der Waals surface area contributed by atoms with E-state index in [2.05, 4.69) is 48.9 Å². The first-order chi connectivity index (χ1) is 20.0. The van der Waals surface area contributed by atoms with Crippen molar-refractivity contribution >= 4 is 78.4 Å². The van der Waals surface area contributed by atoms with Crippen molar-refractivity contribution in [1.82, 2.24) is 29.9 Å². The number of aromatic amines is 1. The monoisotopic (exact) mass is 702 g/mol. The predicted octanol–water partition coefficient (Wildman–Crippen LogP) is 3.36. The Morgan fingerprint density at radius 2 is 1.51 bits per heavy atom. The molecule has 0 bridgehead atoms. The number of nitrogens with zero attached hydrogens (tertiary/aromatic N) is 7. The van der Waals surface area contributed by atoms with E-state index in [0.717, 1.165) is 12.5 Å². The molecule has 1 aromatic carbocycles. The van der Waals surface area contributed by atoms with Gasteiger partial charge in [0.1, 0.15) is 0 Å². The third kappa shape index (κ3) is 18.2. The first kappa shape index (κ1) is 37.8. The molecule has 238 valence electrons. The van der Waals surface area contributed by atoms with Gasteiger partial charge in [-0.1, -0.05) is 29.0 Å². The number of aromatic nitrogens is 5. The number of anilines is 2. The summed E-state index contributed by atoms with van der Waals surface area (Å²) in [5.74, 6) is -0.117. The van der Waals surface area contributed by atoms with Gasteiger partial charge in [-0.05, 0) is 48.2 Å². The summed E-state index contributed by atoms with van der Waals surface area (Å²) in [4.78, 5) is 28.4. The number of rotatable bonds is 12. The van der Waals surface area contributed by atoms with Crippen LogP contribution in [0.3, 0.4) is 0 Å². The van der Waals surface area contributed by atoms with E-state index in [1.807, 2.05) is 12.1 Å². The first-order valence-electron chi connectivity index (χ1n) is 11.7. The number of hydrogen-bond acceptors (Lipinski definition) is 14. The number of carbonyl (C=O) groups is 1. The van der Waals surface area contributed by atoms with Gasteiger partial charge in [0.15, 0.2) is 11.5 Å². The zero-order valence-electron chi connectivity index (χ0n) is 23.2. The van der Waals surface area contributed by atoms with Gasteiger partial charge >= 0.3 is 0 Å². The SMILES string of the molecule is CN(C)/N=N/c1[nH]cnc1C(N)=O.CS(=O)(=O)OCCCCOS(C)(=O)=O.Clc1nc(Cl)nc(Nc2ccccc2Cl)n1. The van der Waals surface area contributed by atoms with E-state index in [4.69, 9.17) is 40.5 Å². The second-order valence-corrected chi connectivity index (χ2v) is 12.4. The summed E-state index contributed by atoms with van der Waals surface area (Å²) in [6.07, 6.45) is 4.12. The van der Waals surface area contributed by atoms with Gasteiger partial charge in [-0.15, -0.1) is 5.11 Å². The highest BCUT2D eigenvalue weighted by atomic mass is 35.5. The molecule has 0 saturated carbocycles. The smallest absolute Gasteiger partial charge is 0.271 e. The Hall–Kier alpha value is -3.20. The number of benzene rings is 1. The van der Waals surface area contributed by atoms with Crippen molar-refractivity contribution in [2.24, 2.45) is 16.1 Å². The van der Waals surface area contributed by atoms with Crippen LogP contribution in [0, 0.1) is 0 Å². The van der Waals surface area contributed by atoms with E-state index in [1.54, 1.807) is 26.2 Å². The molecule has 0 radical (unpaired) electrons. The number of unbranched alkanes of at least 4 members (excludes halogenated alkanes) is 1. The summed E-state index contributed by atoms with van der Waals surface area (Å²) in [6.45, 7) is 0.0951. The molecule has 2 aromatic heterocycles. The number of nitrogens with one attached hydrogen (secondary N) is 2. The second-order valence-electron chi connectivity index (χ2n) is 8.06. The molecule has 0 unspecified atom stereocenters. The number of imidazole rings is 1. The number of amides is 1. The van der Waals surface area contributed by atoms with Crippen molar-refractivity contribution in [2.75, 3.05) is 45.1 Å². The quantitative estimate of drug-likeness (QED) is 0.106. The summed E-state index contributed by atoms with van der Waals surface area (Å²) < 4.78 is 50.8. The molecule has 4 N–H and O–H groups in total. The Morgan fingerprint density at radius 3 is 1.98 bits per heavy atom. The fraction of sp³-hybridized carbons (Fsp3) is 0.381. The summed E-state index contributed by atoms with van der Waals surface area (Å²) in [5.41, 5.74) is 5.79. The van der Waals surface area contributed by atoms with Crippen molar-refractivity contribution in [3.8, 4) is 0 Å². The van der Waals surface area contributed by atoms with Gasteiger partial charge in [0, 0.05) is 14.1 Å². The Kier molecular flexibility index (Phi) is 16.2. The summed E-state index contributed by atoms with van der Waals surface area (Å²) in [6, 6.07) is 7.18. The number of halogens is 3. The molecule has 43 heavy (non-hydrogen) atoms. The van der Waals surface area contributed by atoms with Crippen LogP contribution < -0.4 is 11.1 Å². The fourth-order valence-corrected chi connectivity index (χ4v) is 3.76. The standard InChI is InChI=1S/C9H5Cl3N4.C6H10N6O.C6H14O6S2/c10-5-3-1-2-4-6(5)13-9-15-7(11)14-8(12)16-9;1-12(2)11-10-6-4(5(7)13)8-3-9-6;1-13(7,8)11-5-3-4-6-12-14(2,9)10/h1-4H,(H,13,14,15,16);3H,1-2H3,(H2,7,13)(H,8,9);3-6H2,1-2H3/b;11-10+;. The van der Waals surface area contributed by atoms with Gasteiger partial charge in [-0.3, -0.25) is 18.2 Å². The first-order valence-corrected chi connectivity index (χ1v) is 16.4. The maximum Gasteiger partial charge on any atom is 0.271 e. The molecular formula is C21H29Cl3N10O7S2. The zero-order valence-corrected chi connectivity index (χ0v) is 27.1. The molecule has 0 spiro atoms. The lowest BCUT2D eigenvalue weighted by atomic mass is 10.3. The van der Waals surface area contributed by atoms with Crippen LogP contribution in [0.25, 0.3) is 0 Å². The molecule has 0 saturated heterocycles. The van der Waals surface area contributed by atoms with Gasteiger partial charge in [0.25, 0.3) is 26.1 Å². The molecule has 0 aliphatic heterocycles. The van der Waals surface area contributed by atoms with Crippen LogP contribution in [0.4, 0.5) is 17.5 Å². The molecule has 0 atom stereocenters. The van der Waals surface area contributed by atoms with E-state index < -0.39 is 26.1 Å². The number of hydrogen-bond donors (Lipinski definition) is 3. The Bertz CT molecular complexity index is 1520. The maximum atomic E-state index is 10.8. The van der Waals surface area contributed by atoms with E-state index >= 15 is 0 Å². The van der Waals surface area contributed by atoms with Crippen molar-refractivity contribution in [3.63, 3.8) is 0 Å². The third-order valence-corrected chi connectivity index (χ3v) is 5.87. The van der Waals surface area contributed by atoms with Crippen LogP contribution in [0.1, 0.15) is 23.3 Å². The van der Waals surface area contributed by atoms with E-state index in [0.29, 0.717) is 23.6 Å². The summed E-state index contributed by atoms with van der Waals surface area (Å²) >= 11 is 17.2. The minimum atomic E-state index is -3.40. The van der Waals surface area contributed by atoms with Crippen molar-refractivity contribution in [2.45, 2.75) is 12.8 Å². The summed E-state index contributed by atoms with van der Waals surface area (Å²) in [5, 5.41) is 12.4. The second kappa shape index (κ2) is 18.5. The average Bonchev–Trinajstić information content (AvgIpc) is 3.35. The van der Waals surface area contributed by atoms with Crippen molar-refractivity contribution in [3.05, 3.63) is 51.9 Å². The minimum Gasteiger partial charge on any atom is -0.364 e. The Labute approximate surface area is 263 Å². The molecule has 3 rings (SSSR count). The van der Waals surface area contributed by atoms with E-state index in [1.165, 1.54) is 11.3 Å². The van der Waals surface area contributed by atoms with Gasteiger partial charge in [0.2, 0.25) is 16.5 Å². The largest absolute Gasteiger partial charge is 0.364 e. The molecule has 3 aromatic rings. The average molecular weight is 704 g/mol. The number of para-hydroxylation sites is 1. The lowest BCUT2D eigenvalue weighted by Gasteiger charge is -2.06. The van der Waals surface area contributed by atoms with Crippen molar-refractivity contribution in [1.29, 1.82) is 0 Å². The van der Waals surface area contributed by atoms with Crippen LogP contribution in [0.2, 0.25) is 15.6 Å². The van der Waals surface area contributed by atoms with Crippen LogP contribution >= 0.6 is 34.8 Å². The van der Waals surface area contributed by atoms with E-state index in [9.17, 15) is 21.6 Å². The predicted molar refractivity (Wildman–Crippen MR) is 161 cm³/mol. The highest BCUT2D eigenvalue weighted by Crippen LogP contribution is 2.23. The zero-order chi connectivity index (χ0) is 32.6. The topological polar surface area (TPSA) is 237 Å². The Balaban J connectivity index is 0.000000325. The van der Waals surface area contributed by atoms with Gasteiger partial charge in [-0.25, -0.2) is 4.98 Å². The molecule has 1 amide bonds. The molecule has 22 heteroatoms. The number of H-pyrrole nitrogens is 1. The fourth-order valence-electron chi connectivity index (χ4n) is 2.37. The normalized spacial score (nSPS) is 11.2. The highest BCUT2D eigenvalue weighted by molar-refractivity contribution is 7.86. The number of primary amides is 1. The van der Waals surface area contributed by atoms with Crippen LogP contribution in [0.15, 0.2) is 40.9 Å². The van der Waals surface area contributed by atoms with Crippen LogP contribution in [0.5, 0.6) is 0 Å². The molecule has 0 aliphatic carbocycles. The van der Waals surface area contributed by atoms with Crippen LogP contribution in [-0.2, 0) is 28.6 Å². The van der Waals surface area contributed by atoms with E-state index in [-0.39, 0.29) is 41.2 Å². The number of nitrogens with two attached hydrogens (primary N) is 1. The van der Waals surface area contributed by atoms with Gasteiger partial charge in [-0.2, -0.15) is 31.8 Å². The highest BCUT2D eigenvalue weighted by Gasteiger charge is 2.10. The molecule has 2 heterocycles. The maximum absolute atomic E-state index is 10.8. The third-order valence-electron chi connectivity index (χ3n) is 4.01. The Morgan fingerprint density at radius 1 is 0.977 bits per heavy atom. The van der Waals surface area contributed by atoms with Gasteiger partial charge in [0.05, 0.1) is 42.8 Å². The lowest BCUT2D eigenvalue weighted by Crippen LogP contribution is -2.11. The minimum absolute atomic E-state index is 0.0227. The lowest BCUT2D eigenvalue weighted by molar-refractivity contribution is 0.0996. The molecule has 0 fully saturated rings. The van der Waals surface area contributed by atoms with Gasteiger partial charge < -0.3 is 16.0 Å². The van der Waals surface area contributed by atoms with Crippen LogP contribution in [-0.4, -0.2) is 92.5 Å². The van der Waals surface area contributed by atoms with Crippen molar-refractivity contribution < 1.29 is 30.0 Å².